The van der Waals surface area contributed by atoms with Crippen molar-refractivity contribution in [1.82, 2.24) is 0 Å². The minimum Gasteiger partial charge on any atom is -0.324 e. The maximum absolute atomic E-state index is 5.82. The summed E-state index contributed by atoms with van der Waals surface area (Å²) in [5.41, 5.74) is 5.82. The normalized spacial score (nSPS) is 42.1. The van der Waals surface area contributed by atoms with E-state index in [4.69, 9.17) is 5.73 Å². The summed E-state index contributed by atoms with van der Waals surface area (Å²) in [6.07, 6.45) is 12.8. The van der Waals surface area contributed by atoms with Crippen molar-refractivity contribution in [2.45, 2.75) is 25.3 Å². The van der Waals surface area contributed by atoms with Crippen LogP contribution in [-0.4, -0.2) is 6.04 Å². The molecule has 0 fully saturated rings. The van der Waals surface area contributed by atoms with Crippen molar-refractivity contribution in [2.75, 3.05) is 0 Å². The van der Waals surface area contributed by atoms with Gasteiger partial charge in [0.2, 0.25) is 0 Å². The van der Waals surface area contributed by atoms with Crippen molar-refractivity contribution in [3.63, 3.8) is 0 Å². The average Bonchev–Trinajstić information content (AvgIpc) is 2.04. The average molecular weight is 149 g/mol. The molecule has 0 bridgehead atoms. The van der Waals surface area contributed by atoms with Gasteiger partial charge in [0.15, 0.2) is 0 Å². The van der Waals surface area contributed by atoms with E-state index >= 15 is 0 Å². The predicted molar refractivity (Wildman–Crippen MR) is 47.1 cm³/mol. The standard InChI is InChI=1S/C10H15N/c11-10-6-5-8-3-1-2-4-9(8)7-10/h2,4-6,8-10H,1,3,7,11H2/t8?,9?,10-/m0/s1. The topological polar surface area (TPSA) is 26.0 Å². The van der Waals surface area contributed by atoms with Crippen LogP contribution in [0, 0.1) is 11.8 Å². The summed E-state index contributed by atoms with van der Waals surface area (Å²) >= 11 is 0. The molecule has 0 aromatic carbocycles. The number of allylic oxidation sites excluding steroid dienone is 3. The van der Waals surface area contributed by atoms with Gasteiger partial charge >= 0.3 is 0 Å². The van der Waals surface area contributed by atoms with Gasteiger partial charge in [-0.15, -0.1) is 0 Å². The third-order valence-corrected chi connectivity index (χ3v) is 2.75. The summed E-state index contributed by atoms with van der Waals surface area (Å²) < 4.78 is 0. The quantitative estimate of drug-likeness (QED) is 0.523. The van der Waals surface area contributed by atoms with Crippen molar-refractivity contribution >= 4 is 0 Å². The van der Waals surface area contributed by atoms with Gasteiger partial charge in [-0.3, -0.25) is 0 Å². The van der Waals surface area contributed by atoms with Crippen molar-refractivity contribution in [3.05, 3.63) is 24.3 Å². The Hall–Kier alpha value is -0.560. The molecule has 2 rings (SSSR count). The number of hydrogen-bond donors (Lipinski definition) is 1. The van der Waals surface area contributed by atoms with E-state index in [9.17, 15) is 0 Å². The monoisotopic (exact) mass is 149 g/mol. The summed E-state index contributed by atoms with van der Waals surface area (Å²) in [6, 6.07) is 0.305. The molecule has 0 aromatic heterocycles. The van der Waals surface area contributed by atoms with Gasteiger partial charge in [-0.05, 0) is 31.1 Å². The van der Waals surface area contributed by atoms with Crippen LogP contribution >= 0.6 is 0 Å². The number of rotatable bonds is 0. The number of nitrogens with two attached hydrogens (primary N) is 1. The lowest BCUT2D eigenvalue weighted by atomic mass is 9.77. The van der Waals surface area contributed by atoms with Crippen LogP contribution in [0.1, 0.15) is 19.3 Å². The van der Waals surface area contributed by atoms with E-state index < -0.39 is 0 Å². The second-order valence-electron chi connectivity index (χ2n) is 3.62. The van der Waals surface area contributed by atoms with E-state index in [1.165, 1.54) is 12.8 Å². The molecule has 0 spiro atoms. The van der Waals surface area contributed by atoms with Gasteiger partial charge in [-0.2, -0.15) is 0 Å². The molecule has 2 unspecified atom stereocenters. The molecule has 0 aromatic rings. The van der Waals surface area contributed by atoms with E-state index in [-0.39, 0.29) is 0 Å². The molecule has 0 aliphatic heterocycles. The second kappa shape index (κ2) is 2.82. The Labute approximate surface area is 68.0 Å². The van der Waals surface area contributed by atoms with Crippen LogP contribution in [0.25, 0.3) is 0 Å². The molecule has 0 radical (unpaired) electrons. The Morgan fingerprint density at radius 1 is 1.09 bits per heavy atom. The summed E-state index contributed by atoms with van der Waals surface area (Å²) in [5.74, 6) is 1.53. The predicted octanol–water partition coefficient (Wildman–Crippen LogP) is 1.86. The fourth-order valence-corrected chi connectivity index (χ4v) is 2.09. The summed E-state index contributed by atoms with van der Waals surface area (Å²) in [5, 5.41) is 0. The van der Waals surface area contributed by atoms with Gasteiger partial charge in [0, 0.05) is 6.04 Å². The Morgan fingerprint density at radius 3 is 2.91 bits per heavy atom. The van der Waals surface area contributed by atoms with Gasteiger partial charge in [0.05, 0.1) is 0 Å². The molecule has 1 heteroatoms. The molecule has 1 nitrogen and oxygen atoms in total. The van der Waals surface area contributed by atoms with Gasteiger partial charge in [0.1, 0.15) is 0 Å². The smallest absolute Gasteiger partial charge is 0.0229 e. The lowest BCUT2D eigenvalue weighted by molar-refractivity contribution is 0.373. The first kappa shape index (κ1) is 7.11. The molecule has 2 aliphatic carbocycles. The third kappa shape index (κ3) is 1.38. The maximum atomic E-state index is 5.82. The highest BCUT2D eigenvalue weighted by Gasteiger charge is 2.23. The molecule has 2 aliphatic rings. The Kier molecular flexibility index (Phi) is 1.82. The molecule has 11 heavy (non-hydrogen) atoms. The van der Waals surface area contributed by atoms with Gasteiger partial charge in [0.25, 0.3) is 0 Å². The van der Waals surface area contributed by atoms with Crippen molar-refractivity contribution < 1.29 is 0 Å². The molecule has 0 saturated heterocycles. The highest BCUT2D eigenvalue weighted by molar-refractivity contribution is 5.11. The fraction of sp³-hybridized carbons (Fsp3) is 0.600. The number of hydrogen-bond acceptors (Lipinski definition) is 1. The molecule has 60 valence electrons. The van der Waals surface area contributed by atoms with Crippen LogP contribution in [0.15, 0.2) is 24.3 Å². The largest absolute Gasteiger partial charge is 0.324 e. The zero-order valence-corrected chi connectivity index (χ0v) is 6.74. The van der Waals surface area contributed by atoms with Crippen LogP contribution in [0.5, 0.6) is 0 Å². The minimum atomic E-state index is 0.305. The Morgan fingerprint density at radius 2 is 2.00 bits per heavy atom. The van der Waals surface area contributed by atoms with Crippen LogP contribution < -0.4 is 5.73 Å². The highest BCUT2D eigenvalue weighted by atomic mass is 14.6. The molecule has 2 N–H and O–H groups in total. The third-order valence-electron chi connectivity index (χ3n) is 2.75. The van der Waals surface area contributed by atoms with Crippen molar-refractivity contribution in [2.24, 2.45) is 17.6 Å². The zero-order valence-electron chi connectivity index (χ0n) is 6.74. The highest BCUT2D eigenvalue weighted by Crippen LogP contribution is 2.32. The van der Waals surface area contributed by atoms with E-state index in [0.29, 0.717) is 6.04 Å². The van der Waals surface area contributed by atoms with E-state index in [1.807, 2.05) is 0 Å². The Balaban J connectivity index is 2.14. The fourth-order valence-electron chi connectivity index (χ4n) is 2.09. The SMILES string of the molecule is N[C@H]1C=CC2CCC=CC2C1. The molecular weight excluding hydrogens is 134 g/mol. The first-order chi connectivity index (χ1) is 5.36. The van der Waals surface area contributed by atoms with E-state index in [2.05, 4.69) is 24.3 Å². The molecule has 0 saturated carbocycles. The van der Waals surface area contributed by atoms with Gasteiger partial charge in [-0.25, -0.2) is 0 Å². The van der Waals surface area contributed by atoms with Crippen LogP contribution in [-0.2, 0) is 0 Å². The van der Waals surface area contributed by atoms with Crippen LogP contribution in [0.3, 0.4) is 0 Å². The van der Waals surface area contributed by atoms with E-state index in [1.54, 1.807) is 0 Å². The van der Waals surface area contributed by atoms with Crippen molar-refractivity contribution in [3.8, 4) is 0 Å². The number of fused-ring (bicyclic) bond motifs is 1. The van der Waals surface area contributed by atoms with Crippen LogP contribution in [0.2, 0.25) is 0 Å². The summed E-state index contributed by atoms with van der Waals surface area (Å²) in [4.78, 5) is 0. The first-order valence-corrected chi connectivity index (χ1v) is 4.47. The molecule has 0 amide bonds. The molecule has 3 atom stereocenters. The zero-order chi connectivity index (χ0) is 7.68. The Bertz CT molecular complexity index is 193. The molecule has 0 heterocycles. The van der Waals surface area contributed by atoms with E-state index in [0.717, 1.165) is 18.3 Å². The van der Waals surface area contributed by atoms with Gasteiger partial charge in [-0.1, -0.05) is 24.3 Å². The van der Waals surface area contributed by atoms with Crippen molar-refractivity contribution in [1.29, 1.82) is 0 Å². The summed E-state index contributed by atoms with van der Waals surface area (Å²) in [6.45, 7) is 0. The minimum absolute atomic E-state index is 0.305. The first-order valence-electron chi connectivity index (χ1n) is 4.47. The van der Waals surface area contributed by atoms with Gasteiger partial charge < -0.3 is 5.73 Å². The lowest BCUT2D eigenvalue weighted by Gasteiger charge is -2.30. The maximum Gasteiger partial charge on any atom is 0.0229 e. The lowest BCUT2D eigenvalue weighted by Crippen LogP contribution is -2.29. The summed E-state index contributed by atoms with van der Waals surface area (Å²) in [7, 11) is 0. The second-order valence-corrected chi connectivity index (χ2v) is 3.62. The van der Waals surface area contributed by atoms with Crippen LogP contribution in [0.4, 0.5) is 0 Å². The molecular formula is C10H15N.